The Morgan fingerprint density at radius 3 is 2.59 bits per heavy atom. The molecular weight excluding hydrogens is 232 g/mol. The molecule has 0 aromatic carbocycles. The number of aliphatic hydroxyl groups is 1. The molecule has 0 radical (unpaired) electrons. The summed E-state index contributed by atoms with van der Waals surface area (Å²) >= 11 is 1.68. The Balaban J connectivity index is 2.39. The van der Waals surface area contributed by atoms with Gasteiger partial charge in [0.25, 0.3) is 0 Å². The van der Waals surface area contributed by atoms with Gasteiger partial charge < -0.3 is 10.4 Å². The van der Waals surface area contributed by atoms with Crippen LogP contribution in [0.5, 0.6) is 0 Å². The molecule has 1 unspecified atom stereocenters. The van der Waals surface area contributed by atoms with E-state index in [1.165, 1.54) is 0 Å². The lowest BCUT2D eigenvalue weighted by Crippen LogP contribution is -2.41. The second-order valence-corrected chi connectivity index (χ2v) is 6.61. The van der Waals surface area contributed by atoms with Crippen LogP contribution in [0, 0.1) is 18.3 Å². The van der Waals surface area contributed by atoms with Gasteiger partial charge in [0, 0.05) is 29.6 Å². The first-order valence-electron chi connectivity index (χ1n) is 6.12. The smallest absolute Gasteiger partial charge is 0.107 e. The fraction of sp³-hybridized carbons (Fsp3) is 0.769. The standard InChI is InChI=1S/C13H24N2OS/c1-9(2)12(16)13(4,5)8-14-6-11-15-10(3)7-17-11/h7,9,12,14,16H,6,8H2,1-5H3. The third-order valence-corrected chi connectivity index (χ3v) is 3.92. The minimum Gasteiger partial charge on any atom is -0.392 e. The lowest BCUT2D eigenvalue weighted by molar-refractivity contribution is 0.0134. The van der Waals surface area contributed by atoms with Gasteiger partial charge in [0.2, 0.25) is 0 Å². The highest BCUT2D eigenvalue weighted by Gasteiger charge is 2.29. The molecule has 98 valence electrons. The van der Waals surface area contributed by atoms with Crippen LogP contribution in [0.1, 0.15) is 38.4 Å². The number of hydrogen-bond acceptors (Lipinski definition) is 4. The van der Waals surface area contributed by atoms with Crippen LogP contribution in [-0.2, 0) is 6.54 Å². The molecule has 0 amide bonds. The van der Waals surface area contributed by atoms with Gasteiger partial charge in [0.1, 0.15) is 5.01 Å². The van der Waals surface area contributed by atoms with Crippen molar-refractivity contribution < 1.29 is 5.11 Å². The summed E-state index contributed by atoms with van der Waals surface area (Å²) in [6.07, 6.45) is -0.284. The van der Waals surface area contributed by atoms with Crippen LogP contribution in [0.3, 0.4) is 0 Å². The molecule has 1 rings (SSSR count). The van der Waals surface area contributed by atoms with Gasteiger partial charge in [0.15, 0.2) is 0 Å². The summed E-state index contributed by atoms with van der Waals surface area (Å²) in [5.41, 5.74) is 0.966. The number of rotatable bonds is 6. The molecule has 0 saturated carbocycles. The van der Waals surface area contributed by atoms with E-state index < -0.39 is 0 Å². The van der Waals surface area contributed by atoms with E-state index in [4.69, 9.17) is 0 Å². The number of aryl methyl sites for hydroxylation is 1. The lowest BCUT2D eigenvalue weighted by atomic mass is 9.81. The Bertz CT molecular complexity index is 347. The Morgan fingerprint density at radius 2 is 2.12 bits per heavy atom. The molecule has 1 aromatic heterocycles. The first-order chi connectivity index (χ1) is 7.83. The molecule has 1 aromatic rings. The predicted octanol–water partition coefficient (Wildman–Crippen LogP) is 2.58. The molecule has 17 heavy (non-hydrogen) atoms. The molecule has 4 heteroatoms. The molecule has 0 bridgehead atoms. The largest absolute Gasteiger partial charge is 0.392 e. The van der Waals surface area contributed by atoms with Gasteiger partial charge in [0.05, 0.1) is 6.10 Å². The molecule has 0 saturated heterocycles. The second kappa shape index (κ2) is 5.94. The van der Waals surface area contributed by atoms with Crippen LogP contribution in [-0.4, -0.2) is 22.7 Å². The van der Waals surface area contributed by atoms with Gasteiger partial charge in [-0.15, -0.1) is 11.3 Å². The van der Waals surface area contributed by atoms with Gasteiger partial charge in [-0.2, -0.15) is 0 Å². The summed E-state index contributed by atoms with van der Waals surface area (Å²) in [7, 11) is 0. The van der Waals surface area contributed by atoms with Crippen molar-refractivity contribution in [2.75, 3.05) is 6.54 Å². The zero-order chi connectivity index (χ0) is 13.1. The molecule has 1 atom stereocenters. The van der Waals surface area contributed by atoms with Crippen molar-refractivity contribution in [2.45, 2.75) is 47.3 Å². The Kier molecular flexibility index (Phi) is 5.10. The van der Waals surface area contributed by atoms with Crippen molar-refractivity contribution in [1.82, 2.24) is 10.3 Å². The Labute approximate surface area is 108 Å². The summed E-state index contributed by atoms with van der Waals surface area (Å²) < 4.78 is 0. The molecule has 1 heterocycles. The normalized spacial score (nSPS) is 14.3. The van der Waals surface area contributed by atoms with Crippen molar-refractivity contribution in [3.8, 4) is 0 Å². The van der Waals surface area contributed by atoms with Gasteiger partial charge in [-0.3, -0.25) is 0 Å². The van der Waals surface area contributed by atoms with Crippen LogP contribution in [0.15, 0.2) is 5.38 Å². The van der Waals surface area contributed by atoms with E-state index in [0.29, 0.717) is 0 Å². The fourth-order valence-electron chi connectivity index (χ4n) is 1.98. The van der Waals surface area contributed by atoms with Crippen molar-refractivity contribution in [3.05, 3.63) is 16.1 Å². The van der Waals surface area contributed by atoms with E-state index >= 15 is 0 Å². The van der Waals surface area contributed by atoms with E-state index in [2.05, 4.69) is 43.4 Å². The number of aromatic nitrogens is 1. The van der Waals surface area contributed by atoms with Crippen LogP contribution >= 0.6 is 11.3 Å². The maximum atomic E-state index is 10.1. The summed E-state index contributed by atoms with van der Waals surface area (Å²) in [6, 6.07) is 0. The highest BCUT2D eigenvalue weighted by molar-refractivity contribution is 7.09. The van der Waals surface area contributed by atoms with Crippen LogP contribution in [0.2, 0.25) is 0 Å². The third-order valence-electron chi connectivity index (χ3n) is 2.96. The van der Waals surface area contributed by atoms with Crippen molar-refractivity contribution in [2.24, 2.45) is 11.3 Å². The van der Waals surface area contributed by atoms with E-state index in [-0.39, 0.29) is 17.4 Å². The molecular formula is C13H24N2OS. The van der Waals surface area contributed by atoms with Crippen molar-refractivity contribution in [3.63, 3.8) is 0 Å². The van der Waals surface area contributed by atoms with E-state index in [1.54, 1.807) is 11.3 Å². The first kappa shape index (κ1) is 14.6. The number of aliphatic hydroxyl groups excluding tert-OH is 1. The summed E-state index contributed by atoms with van der Waals surface area (Å²) in [6.45, 7) is 11.9. The Morgan fingerprint density at radius 1 is 1.47 bits per heavy atom. The van der Waals surface area contributed by atoms with Crippen LogP contribution in [0.25, 0.3) is 0 Å². The maximum absolute atomic E-state index is 10.1. The van der Waals surface area contributed by atoms with E-state index in [0.717, 1.165) is 23.8 Å². The number of hydrogen-bond donors (Lipinski definition) is 2. The molecule has 0 aliphatic rings. The summed E-state index contributed by atoms with van der Waals surface area (Å²) in [5.74, 6) is 0.286. The fourth-order valence-corrected chi connectivity index (χ4v) is 2.72. The van der Waals surface area contributed by atoms with Gasteiger partial charge in [-0.25, -0.2) is 4.98 Å². The first-order valence-corrected chi connectivity index (χ1v) is 7.00. The average Bonchev–Trinajstić information content (AvgIpc) is 2.62. The SMILES string of the molecule is Cc1csc(CNCC(C)(C)C(O)C(C)C)n1. The predicted molar refractivity (Wildman–Crippen MR) is 73.2 cm³/mol. The molecule has 0 fully saturated rings. The van der Waals surface area contributed by atoms with Crippen LogP contribution in [0.4, 0.5) is 0 Å². The number of nitrogens with zero attached hydrogens (tertiary/aromatic N) is 1. The average molecular weight is 256 g/mol. The highest BCUT2D eigenvalue weighted by atomic mass is 32.1. The van der Waals surface area contributed by atoms with Gasteiger partial charge in [-0.05, 0) is 12.8 Å². The van der Waals surface area contributed by atoms with E-state index in [1.807, 2.05) is 6.92 Å². The van der Waals surface area contributed by atoms with Crippen molar-refractivity contribution >= 4 is 11.3 Å². The second-order valence-electron chi connectivity index (χ2n) is 5.66. The zero-order valence-corrected chi connectivity index (χ0v) is 12.3. The monoisotopic (exact) mass is 256 g/mol. The van der Waals surface area contributed by atoms with Crippen LogP contribution < -0.4 is 5.32 Å². The molecule has 0 aliphatic heterocycles. The van der Waals surface area contributed by atoms with Crippen molar-refractivity contribution in [1.29, 1.82) is 0 Å². The van der Waals surface area contributed by atoms with Gasteiger partial charge >= 0.3 is 0 Å². The minimum absolute atomic E-state index is 0.111. The highest BCUT2D eigenvalue weighted by Crippen LogP contribution is 2.25. The summed E-state index contributed by atoms with van der Waals surface area (Å²) in [4.78, 5) is 4.40. The number of nitrogens with one attached hydrogen (secondary N) is 1. The molecule has 0 spiro atoms. The zero-order valence-electron chi connectivity index (χ0n) is 11.4. The molecule has 0 aliphatic carbocycles. The summed E-state index contributed by atoms with van der Waals surface area (Å²) in [5, 5.41) is 16.7. The van der Waals surface area contributed by atoms with E-state index in [9.17, 15) is 5.11 Å². The lowest BCUT2D eigenvalue weighted by Gasteiger charge is -2.33. The number of thiazole rings is 1. The third kappa shape index (κ3) is 4.37. The topological polar surface area (TPSA) is 45.1 Å². The minimum atomic E-state index is -0.284. The maximum Gasteiger partial charge on any atom is 0.107 e. The van der Waals surface area contributed by atoms with Gasteiger partial charge in [-0.1, -0.05) is 27.7 Å². The molecule has 3 nitrogen and oxygen atoms in total. The Hall–Kier alpha value is -0.450. The quantitative estimate of drug-likeness (QED) is 0.822. The molecule has 2 N–H and O–H groups in total.